The van der Waals surface area contributed by atoms with Crippen molar-refractivity contribution in [2.24, 2.45) is 5.73 Å². The Balaban J connectivity index is 1.88. The molecule has 0 spiro atoms. The highest BCUT2D eigenvalue weighted by Gasteiger charge is 2.19. The molecule has 1 fully saturated rings. The number of nitrogens with two attached hydrogens (primary N) is 1. The molecule has 2 atom stereocenters. The summed E-state index contributed by atoms with van der Waals surface area (Å²) in [6.45, 7) is 0.452. The first-order valence-electron chi connectivity index (χ1n) is 5.95. The molecule has 0 radical (unpaired) electrons. The molecule has 1 aliphatic carbocycles. The van der Waals surface area contributed by atoms with Gasteiger partial charge in [-0.25, -0.2) is 4.39 Å². The van der Waals surface area contributed by atoms with E-state index < -0.39 is 0 Å². The highest BCUT2D eigenvalue weighted by Crippen LogP contribution is 2.22. The summed E-state index contributed by atoms with van der Waals surface area (Å²) in [6, 6.07) is 5.09. The molecule has 2 unspecified atom stereocenters. The average Bonchev–Trinajstić information content (AvgIpc) is 2.25. The fourth-order valence-corrected chi connectivity index (χ4v) is 2.75. The van der Waals surface area contributed by atoms with Crippen molar-refractivity contribution in [2.45, 2.75) is 44.4 Å². The third kappa shape index (κ3) is 4.05. The van der Waals surface area contributed by atoms with Crippen LogP contribution in [-0.2, 0) is 11.3 Å². The fourth-order valence-electron chi connectivity index (χ4n) is 2.24. The molecule has 0 heterocycles. The molecule has 0 aromatic heterocycles. The summed E-state index contributed by atoms with van der Waals surface area (Å²) in [5.74, 6) is -0.238. The lowest BCUT2D eigenvalue weighted by molar-refractivity contribution is 0.0121. The summed E-state index contributed by atoms with van der Waals surface area (Å²) < 4.78 is 19.7. The number of halogens is 2. The van der Waals surface area contributed by atoms with Crippen LogP contribution in [0.5, 0.6) is 0 Å². The van der Waals surface area contributed by atoms with E-state index in [1.807, 2.05) is 6.07 Å². The number of rotatable bonds is 3. The van der Waals surface area contributed by atoms with Crippen molar-refractivity contribution in [2.75, 3.05) is 0 Å². The van der Waals surface area contributed by atoms with Crippen LogP contribution in [0.15, 0.2) is 22.7 Å². The maximum Gasteiger partial charge on any atom is 0.124 e. The molecular weight excluding hydrogens is 285 g/mol. The highest BCUT2D eigenvalue weighted by molar-refractivity contribution is 9.10. The second-order valence-corrected chi connectivity index (χ2v) is 5.55. The van der Waals surface area contributed by atoms with Crippen molar-refractivity contribution in [1.29, 1.82) is 0 Å². The monoisotopic (exact) mass is 301 g/mol. The quantitative estimate of drug-likeness (QED) is 0.929. The number of hydrogen-bond acceptors (Lipinski definition) is 2. The first-order valence-corrected chi connectivity index (χ1v) is 6.75. The Kier molecular flexibility index (Phi) is 4.54. The molecule has 2 rings (SSSR count). The lowest BCUT2D eigenvalue weighted by Crippen LogP contribution is -2.32. The van der Waals surface area contributed by atoms with Crippen molar-refractivity contribution in [3.05, 3.63) is 34.1 Å². The Morgan fingerprint density at radius 1 is 1.35 bits per heavy atom. The third-order valence-electron chi connectivity index (χ3n) is 3.07. The van der Waals surface area contributed by atoms with Crippen LogP contribution in [0.25, 0.3) is 0 Å². The van der Waals surface area contributed by atoms with E-state index in [9.17, 15) is 4.39 Å². The number of benzene rings is 1. The van der Waals surface area contributed by atoms with E-state index in [-0.39, 0.29) is 18.0 Å². The lowest BCUT2D eigenvalue weighted by Gasteiger charge is -2.26. The predicted octanol–water partition coefficient (Wildman–Crippen LogP) is 3.37. The van der Waals surface area contributed by atoms with E-state index in [0.717, 1.165) is 35.7 Å². The minimum atomic E-state index is -0.238. The molecule has 2 N–H and O–H groups in total. The van der Waals surface area contributed by atoms with Gasteiger partial charge in [-0.05, 0) is 49.4 Å². The molecule has 94 valence electrons. The van der Waals surface area contributed by atoms with Crippen molar-refractivity contribution in [3.8, 4) is 0 Å². The smallest absolute Gasteiger partial charge is 0.124 e. The first-order chi connectivity index (χ1) is 8.13. The Bertz CT molecular complexity index is 365. The lowest BCUT2D eigenvalue weighted by atomic mass is 9.93. The van der Waals surface area contributed by atoms with Gasteiger partial charge < -0.3 is 10.5 Å². The highest BCUT2D eigenvalue weighted by atomic mass is 79.9. The van der Waals surface area contributed by atoms with Gasteiger partial charge in [0.2, 0.25) is 0 Å². The maximum absolute atomic E-state index is 13.2. The van der Waals surface area contributed by atoms with Gasteiger partial charge in [-0.1, -0.05) is 15.9 Å². The Labute approximate surface area is 109 Å². The van der Waals surface area contributed by atoms with Crippen molar-refractivity contribution in [3.63, 3.8) is 0 Å². The topological polar surface area (TPSA) is 35.2 Å². The summed E-state index contributed by atoms with van der Waals surface area (Å²) in [7, 11) is 0. The van der Waals surface area contributed by atoms with Gasteiger partial charge in [0.1, 0.15) is 5.82 Å². The summed E-state index contributed by atoms with van der Waals surface area (Å²) >= 11 is 3.27. The molecule has 1 saturated carbocycles. The maximum atomic E-state index is 13.2. The SMILES string of the molecule is NC1CCCC(OCc2cc(F)cc(Br)c2)C1. The molecule has 0 aliphatic heterocycles. The minimum absolute atomic E-state index is 0.223. The van der Waals surface area contributed by atoms with Crippen LogP contribution < -0.4 is 5.73 Å². The van der Waals surface area contributed by atoms with E-state index in [1.54, 1.807) is 0 Å². The zero-order chi connectivity index (χ0) is 12.3. The van der Waals surface area contributed by atoms with Gasteiger partial charge in [0.15, 0.2) is 0 Å². The van der Waals surface area contributed by atoms with E-state index in [0.29, 0.717) is 6.61 Å². The average molecular weight is 302 g/mol. The van der Waals surface area contributed by atoms with Gasteiger partial charge in [0, 0.05) is 10.5 Å². The van der Waals surface area contributed by atoms with Crippen LogP contribution >= 0.6 is 15.9 Å². The molecule has 0 amide bonds. The van der Waals surface area contributed by atoms with Gasteiger partial charge in [0.25, 0.3) is 0 Å². The van der Waals surface area contributed by atoms with Gasteiger partial charge >= 0.3 is 0 Å². The minimum Gasteiger partial charge on any atom is -0.373 e. The molecule has 1 aromatic carbocycles. The van der Waals surface area contributed by atoms with Crippen molar-refractivity contribution >= 4 is 15.9 Å². The predicted molar refractivity (Wildman–Crippen MR) is 69.1 cm³/mol. The first kappa shape index (κ1) is 13.0. The van der Waals surface area contributed by atoms with E-state index >= 15 is 0 Å². The van der Waals surface area contributed by atoms with E-state index in [4.69, 9.17) is 10.5 Å². The van der Waals surface area contributed by atoms with Gasteiger partial charge in [-0.2, -0.15) is 0 Å². The van der Waals surface area contributed by atoms with Crippen LogP contribution in [-0.4, -0.2) is 12.1 Å². The normalized spacial score (nSPS) is 24.9. The molecule has 2 nitrogen and oxygen atoms in total. The summed E-state index contributed by atoms with van der Waals surface area (Å²) in [4.78, 5) is 0. The molecule has 0 bridgehead atoms. The van der Waals surface area contributed by atoms with Crippen LogP contribution in [0.2, 0.25) is 0 Å². The number of hydrogen-bond donors (Lipinski definition) is 1. The molecule has 4 heteroatoms. The zero-order valence-corrected chi connectivity index (χ0v) is 11.2. The molecule has 1 aromatic rings. The Hall–Kier alpha value is -0.450. The van der Waals surface area contributed by atoms with E-state index in [2.05, 4.69) is 15.9 Å². The van der Waals surface area contributed by atoms with Crippen molar-refractivity contribution < 1.29 is 9.13 Å². The molecule has 1 aliphatic rings. The standard InChI is InChI=1S/C13H17BrFNO/c14-10-4-9(5-11(15)6-10)8-17-13-3-1-2-12(16)7-13/h4-6,12-13H,1-3,7-8,16H2. The van der Waals surface area contributed by atoms with Crippen LogP contribution in [0.1, 0.15) is 31.2 Å². The summed E-state index contributed by atoms with van der Waals surface area (Å²) in [5, 5.41) is 0. The second kappa shape index (κ2) is 5.94. The molecular formula is C13H17BrFNO. The van der Waals surface area contributed by atoms with Crippen molar-refractivity contribution in [1.82, 2.24) is 0 Å². The molecule has 17 heavy (non-hydrogen) atoms. The Morgan fingerprint density at radius 2 is 2.18 bits per heavy atom. The van der Waals surface area contributed by atoms with E-state index in [1.165, 1.54) is 12.1 Å². The molecule has 0 saturated heterocycles. The van der Waals surface area contributed by atoms with Gasteiger partial charge in [0.05, 0.1) is 12.7 Å². The van der Waals surface area contributed by atoms with Crippen LogP contribution in [0, 0.1) is 5.82 Å². The fraction of sp³-hybridized carbons (Fsp3) is 0.538. The summed E-state index contributed by atoms with van der Waals surface area (Å²) in [6.07, 6.45) is 4.41. The van der Waals surface area contributed by atoms with Crippen LogP contribution in [0.4, 0.5) is 4.39 Å². The Morgan fingerprint density at radius 3 is 2.88 bits per heavy atom. The number of ether oxygens (including phenoxy) is 1. The third-order valence-corrected chi connectivity index (χ3v) is 3.53. The van der Waals surface area contributed by atoms with Gasteiger partial charge in [-0.3, -0.25) is 0 Å². The van der Waals surface area contributed by atoms with Crippen LogP contribution in [0.3, 0.4) is 0 Å². The second-order valence-electron chi connectivity index (χ2n) is 4.64. The van der Waals surface area contributed by atoms with Gasteiger partial charge in [-0.15, -0.1) is 0 Å². The zero-order valence-electron chi connectivity index (χ0n) is 9.66. The summed E-state index contributed by atoms with van der Waals surface area (Å²) in [5.41, 5.74) is 6.75. The largest absolute Gasteiger partial charge is 0.373 e.